The Bertz CT molecular complexity index is 1010. The van der Waals surface area contributed by atoms with Gasteiger partial charge in [0, 0.05) is 17.3 Å². The van der Waals surface area contributed by atoms with Crippen LogP contribution >= 0.6 is 11.6 Å². The van der Waals surface area contributed by atoms with Crippen LogP contribution in [-0.2, 0) is 4.79 Å². The predicted octanol–water partition coefficient (Wildman–Crippen LogP) is 3.75. The molecule has 0 radical (unpaired) electrons. The van der Waals surface area contributed by atoms with Gasteiger partial charge in [0.25, 0.3) is 5.69 Å². The molecule has 0 aliphatic heterocycles. The molecule has 0 amide bonds. The van der Waals surface area contributed by atoms with Crippen molar-refractivity contribution in [1.29, 1.82) is 0 Å². The number of aromatic hydroxyl groups is 1. The zero-order valence-corrected chi connectivity index (χ0v) is 13.2. The van der Waals surface area contributed by atoms with E-state index in [0.29, 0.717) is 22.4 Å². The first-order valence-corrected chi connectivity index (χ1v) is 7.31. The Labute approximate surface area is 145 Å². The summed E-state index contributed by atoms with van der Waals surface area (Å²) in [7, 11) is 0. The second kappa shape index (κ2) is 6.62. The number of phenols is 1. The fourth-order valence-electron chi connectivity index (χ4n) is 2.08. The smallest absolute Gasteiger partial charge is 0.273 e. The quantitative estimate of drug-likeness (QED) is 0.234. The minimum atomic E-state index is -0.625. The van der Waals surface area contributed by atoms with Gasteiger partial charge in [-0.05, 0) is 24.3 Å². The zero-order valence-electron chi connectivity index (χ0n) is 12.5. The second-order valence-electron chi connectivity index (χ2n) is 4.95. The molecular formula is C16H10ClN3O5. The topological polar surface area (TPSA) is 118 Å². The van der Waals surface area contributed by atoms with E-state index in [-0.39, 0.29) is 28.6 Å². The number of nitro benzene ring substituents is 1. The summed E-state index contributed by atoms with van der Waals surface area (Å²) in [6, 6.07) is 8.40. The lowest BCUT2D eigenvalue weighted by molar-refractivity contribution is -0.384. The highest BCUT2D eigenvalue weighted by atomic mass is 35.5. The molecule has 1 aromatic heterocycles. The molecule has 0 bridgehead atoms. The molecule has 0 saturated carbocycles. The number of anilines is 1. The van der Waals surface area contributed by atoms with E-state index in [2.05, 4.69) is 10.3 Å². The summed E-state index contributed by atoms with van der Waals surface area (Å²) in [6.07, 6.45) is 1.81. The van der Waals surface area contributed by atoms with Crippen molar-refractivity contribution in [2.24, 2.45) is 0 Å². The van der Waals surface area contributed by atoms with Crippen molar-refractivity contribution in [3.63, 3.8) is 0 Å². The number of nitro groups is 1. The largest absolute Gasteiger partial charge is 0.506 e. The average molecular weight is 360 g/mol. The van der Waals surface area contributed by atoms with Crippen LogP contribution in [-0.4, -0.2) is 21.3 Å². The number of nitrogens with zero attached hydrogens (tertiary/aromatic N) is 2. The fourth-order valence-corrected chi connectivity index (χ4v) is 2.25. The Balaban J connectivity index is 1.89. The van der Waals surface area contributed by atoms with Crippen LogP contribution in [0.2, 0.25) is 5.02 Å². The molecule has 0 atom stereocenters. The molecule has 9 heteroatoms. The third-order valence-corrected chi connectivity index (χ3v) is 3.53. The number of nitrogens with one attached hydrogen (secondary N) is 1. The summed E-state index contributed by atoms with van der Waals surface area (Å²) in [4.78, 5) is 25.5. The molecule has 25 heavy (non-hydrogen) atoms. The van der Waals surface area contributed by atoms with E-state index in [1.165, 1.54) is 18.3 Å². The van der Waals surface area contributed by atoms with Gasteiger partial charge in [-0.25, -0.2) is 4.98 Å². The maximum absolute atomic E-state index is 11.3. The van der Waals surface area contributed by atoms with Gasteiger partial charge in [0.05, 0.1) is 22.3 Å². The molecule has 8 nitrogen and oxygen atoms in total. The summed E-state index contributed by atoms with van der Waals surface area (Å²) < 4.78 is 5.48. The van der Waals surface area contributed by atoms with Crippen LogP contribution in [0.25, 0.3) is 16.7 Å². The standard InChI is InChI=1S/C16H10ClN3O5/c17-10-1-4-15-13(5-10)19-16(25-15)9(8-21)7-18-12-3-2-11(20(23)24)6-14(12)22/h1-8,18,22H. The monoisotopic (exact) mass is 359 g/mol. The van der Waals surface area contributed by atoms with E-state index in [0.717, 1.165) is 6.07 Å². The van der Waals surface area contributed by atoms with Crippen LogP contribution in [0.4, 0.5) is 11.4 Å². The van der Waals surface area contributed by atoms with Crippen molar-refractivity contribution in [3.8, 4) is 5.75 Å². The molecule has 3 aromatic rings. The van der Waals surface area contributed by atoms with Crippen molar-refractivity contribution in [2.45, 2.75) is 0 Å². The first-order valence-electron chi connectivity index (χ1n) is 6.93. The summed E-state index contributed by atoms with van der Waals surface area (Å²) in [5.41, 5.74) is 0.978. The van der Waals surface area contributed by atoms with Crippen molar-refractivity contribution in [1.82, 2.24) is 4.98 Å². The van der Waals surface area contributed by atoms with E-state index in [1.54, 1.807) is 18.2 Å². The van der Waals surface area contributed by atoms with Gasteiger partial charge in [-0.15, -0.1) is 0 Å². The highest BCUT2D eigenvalue weighted by molar-refractivity contribution is 6.31. The molecule has 0 saturated heterocycles. The number of hydrogen-bond donors (Lipinski definition) is 2. The summed E-state index contributed by atoms with van der Waals surface area (Å²) in [6.45, 7) is 0. The van der Waals surface area contributed by atoms with E-state index in [9.17, 15) is 20.0 Å². The van der Waals surface area contributed by atoms with Crippen molar-refractivity contribution >= 4 is 45.9 Å². The normalized spacial score (nSPS) is 11.5. The van der Waals surface area contributed by atoms with Crippen LogP contribution in [0, 0.1) is 10.1 Å². The Morgan fingerprint density at radius 3 is 2.80 bits per heavy atom. The predicted molar refractivity (Wildman–Crippen MR) is 91.4 cm³/mol. The Morgan fingerprint density at radius 2 is 2.12 bits per heavy atom. The number of hydrogen-bond acceptors (Lipinski definition) is 7. The number of benzene rings is 2. The van der Waals surface area contributed by atoms with Crippen molar-refractivity contribution in [3.05, 3.63) is 63.6 Å². The Kier molecular flexibility index (Phi) is 4.36. The lowest BCUT2D eigenvalue weighted by Crippen LogP contribution is -1.95. The van der Waals surface area contributed by atoms with Gasteiger partial charge < -0.3 is 14.8 Å². The molecule has 0 fully saturated rings. The molecule has 0 spiro atoms. The first kappa shape index (κ1) is 16.5. The Morgan fingerprint density at radius 1 is 1.32 bits per heavy atom. The van der Waals surface area contributed by atoms with Gasteiger partial charge in [-0.2, -0.15) is 0 Å². The van der Waals surface area contributed by atoms with Gasteiger partial charge in [0.2, 0.25) is 5.89 Å². The van der Waals surface area contributed by atoms with Crippen molar-refractivity contribution < 1.29 is 19.2 Å². The number of carbonyl (C=O) groups is 1. The summed E-state index contributed by atoms with van der Waals surface area (Å²) in [5, 5.41) is 23.6. The molecule has 2 N–H and O–H groups in total. The highest BCUT2D eigenvalue weighted by Crippen LogP contribution is 2.29. The number of carbonyl (C=O) groups excluding carboxylic acids is 1. The summed E-state index contributed by atoms with van der Waals surface area (Å²) in [5.74, 6) is -0.263. The third-order valence-electron chi connectivity index (χ3n) is 3.30. The molecule has 0 aliphatic rings. The number of phenolic OH excluding ortho intramolecular Hbond substituents is 1. The molecule has 2 aromatic carbocycles. The molecule has 3 rings (SSSR count). The first-order chi connectivity index (χ1) is 12.0. The maximum atomic E-state index is 11.3. The van der Waals surface area contributed by atoms with E-state index in [1.807, 2.05) is 0 Å². The maximum Gasteiger partial charge on any atom is 0.273 e. The molecular weight excluding hydrogens is 350 g/mol. The van der Waals surface area contributed by atoms with Gasteiger partial charge in [0.15, 0.2) is 11.9 Å². The van der Waals surface area contributed by atoms with Crippen LogP contribution in [0.5, 0.6) is 5.75 Å². The molecule has 0 aliphatic carbocycles. The SMILES string of the molecule is O=CC(=CNc1ccc([N+](=O)[O-])cc1O)c1nc2cc(Cl)ccc2o1. The average Bonchev–Trinajstić information content (AvgIpc) is 2.99. The molecule has 1 heterocycles. The number of aromatic nitrogens is 1. The third kappa shape index (κ3) is 3.43. The van der Waals surface area contributed by atoms with Crippen molar-refractivity contribution in [2.75, 3.05) is 5.32 Å². The fraction of sp³-hybridized carbons (Fsp3) is 0. The summed E-state index contributed by atoms with van der Waals surface area (Å²) >= 11 is 5.88. The lowest BCUT2D eigenvalue weighted by atomic mass is 10.2. The second-order valence-corrected chi connectivity index (χ2v) is 5.39. The Hall–Kier alpha value is -3.39. The van der Waals surface area contributed by atoms with Gasteiger partial charge >= 0.3 is 0 Å². The van der Waals surface area contributed by atoms with Crippen LogP contribution in [0.3, 0.4) is 0 Å². The molecule has 126 valence electrons. The number of oxazole rings is 1. The minimum absolute atomic E-state index is 0.0705. The lowest BCUT2D eigenvalue weighted by Gasteiger charge is -2.04. The highest BCUT2D eigenvalue weighted by Gasteiger charge is 2.12. The van der Waals surface area contributed by atoms with Crippen LogP contribution in [0.15, 0.2) is 47.0 Å². The van der Waals surface area contributed by atoms with Gasteiger partial charge in [-0.1, -0.05) is 11.6 Å². The van der Waals surface area contributed by atoms with Gasteiger partial charge in [-0.3, -0.25) is 14.9 Å². The number of fused-ring (bicyclic) bond motifs is 1. The van der Waals surface area contributed by atoms with Crippen LogP contribution in [0.1, 0.15) is 5.89 Å². The van der Waals surface area contributed by atoms with E-state index >= 15 is 0 Å². The number of allylic oxidation sites excluding steroid dienone is 1. The van der Waals surface area contributed by atoms with E-state index < -0.39 is 4.92 Å². The molecule has 0 unspecified atom stereocenters. The zero-order chi connectivity index (χ0) is 18.0. The van der Waals surface area contributed by atoms with E-state index in [4.69, 9.17) is 16.0 Å². The minimum Gasteiger partial charge on any atom is -0.506 e. The van der Waals surface area contributed by atoms with Crippen LogP contribution < -0.4 is 5.32 Å². The number of rotatable bonds is 5. The number of halogens is 1. The number of aldehydes is 1. The van der Waals surface area contributed by atoms with Gasteiger partial charge in [0.1, 0.15) is 11.3 Å². The number of non-ortho nitro benzene ring substituents is 1.